The van der Waals surface area contributed by atoms with Gasteiger partial charge < -0.3 is 11.1 Å². The van der Waals surface area contributed by atoms with Gasteiger partial charge in [0, 0.05) is 12.5 Å². The van der Waals surface area contributed by atoms with Gasteiger partial charge in [0.15, 0.2) is 0 Å². The number of rotatable bonds is 5. The molecule has 0 spiro atoms. The van der Waals surface area contributed by atoms with Crippen LogP contribution in [-0.4, -0.2) is 18.9 Å². The summed E-state index contributed by atoms with van der Waals surface area (Å²) < 4.78 is 0. The Hall–Kier alpha value is -1.06. The van der Waals surface area contributed by atoms with Crippen LogP contribution in [0.5, 0.6) is 0 Å². The van der Waals surface area contributed by atoms with Crippen LogP contribution >= 0.6 is 0 Å². The Morgan fingerprint density at radius 2 is 1.19 bits per heavy atom. The van der Waals surface area contributed by atoms with Crippen molar-refractivity contribution >= 4 is 11.8 Å². The molecule has 4 heteroatoms. The fourth-order valence-electron chi connectivity index (χ4n) is 1.74. The van der Waals surface area contributed by atoms with E-state index in [1.807, 2.05) is 34.6 Å². The zero-order valence-corrected chi connectivity index (χ0v) is 15.6. The molecule has 2 amide bonds. The minimum Gasteiger partial charge on any atom is -0.369 e. The van der Waals surface area contributed by atoms with E-state index in [1.54, 1.807) is 7.05 Å². The molecule has 0 rings (SSSR count). The van der Waals surface area contributed by atoms with Gasteiger partial charge >= 0.3 is 0 Å². The highest BCUT2D eigenvalue weighted by Gasteiger charge is 2.38. The van der Waals surface area contributed by atoms with Crippen LogP contribution in [0.3, 0.4) is 0 Å². The smallest absolute Gasteiger partial charge is 0.226 e. The number of carbonyl (C=O) groups is 2. The number of nitrogens with one attached hydrogen (secondary N) is 1. The monoisotopic (exact) mass is 300 g/mol. The molecule has 0 aromatic rings. The van der Waals surface area contributed by atoms with Gasteiger partial charge in [-0.25, -0.2) is 0 Å². The third-order valence-corrected chi connectivity index (χ3v) is 5.19. The number of primary amides is 1. The maximum absolute atomic E-state index is 11.6. The van der Waals surface area contributed by atoms with Crippen molar-refractivity contribution in [3.8, 4) is 0 Å². The molecule has 0 bridgehead atoms. The topological polar surface area (TPSA) is 72.2 Å². The van der Waals surface area contributed by atoms with E-state index < -0.39 is 0 Å². The van der Waals surface area contributed by atoms with E-state index in [2.05, 4.69) is 33.0 Å². The Morgan fingerprint density at radius 3 is 1.24 bits per heavy atom. The standard InChI is InChI=1S/C10H21NO.C7H15NO/c1-7(2)10(5,8(3)4)9(12)11-6;1-5(2)7(3,4)6(8)9/h7-8H,1-6H3,(H,11,12);5H,1-4H3,(H2,8,9). The van der Waals surface area contributed by atoms with Crippen molar-refractivity contribution in [3.63, 3.8) is 0 Å². The van der Waals surface area contributed by atoms with Gasteiger partial charge in [-0.15, -0.1) is 0 Å². The lowest BCUT2D eigenvalue weighted by Crippen LogP contribution is -2.44. The molecule has 0 saturated carbocycles. The Kier molecular flexibility index (Phi) is 8.89. The summed E-state index contributed by atoms with van der Waals surface area (Å²) in [6, 6.07) is 0. The highest BCUT2D eigenvalue weighted by molar-refractivity contribution is 5.82. The van der Waals surface area contributed by atoms with Gasteiger partial charge in [-0.05, 0) is 17.8 Å². The minimum absolute atomic E-state index is 0.146. The highest BCUT2D eigenvalue weighted by atomic mass is 16.2. The molecule has 0 saturated heterocycles. The molecule has 0 radical (unpaired) electrons. The average Bonchev–Trinajstić information content (AvgIpc) is 2.36. The molecular formula is C17H36N2O2. The third kappa shape index (κ3) is 5.68. The molecule has 126 valence electrons. The Bertz CT molecular complexity index is 337. The highest BCUT2D eigenvalue weighted by Crippen LogP contribution is 2.35. The summed E-state index contributed by atoms with van der Waals surface area (Å²) in [4.78, 5) is 22.3. The zero-order chi connectivity index (χ0) is 17.6. The van der Waals surface area contributed by atoms with E-state index >= 15 is 0 Å². The van der Waals surface area contributed by atoms with Crippen LogP contribution in [0, 0.1) is 28.6 Å². The molecule has 3 N–H and O–H groups in total. The fourth-order valence-corrected chi connectivity index (χ4v) is 1.74. The summed E-state index contributed by atoms with van der Waals surface area (Å²) in [5.74, 6) is 0.981. The maximum atomic E-state index is 11.6. The van der Waals surface area contributed by atoms with E-state index in [4.69, 9.17) is 5.73 Å². The number of hydrogen-bond donors (Lipinski definition) is 2. The normalized spacial score (nSPS) is 12.2. The summed E-state index contributed by atoms with van der Waals surface area (Å²) in [6.07, 6.45) is 0. The second-order valence-corrected chi connectivity index (χ2v) is 7.41. The van der Waals surface area contributed by atoms with Gasteiger partial charge in [0.2, 0.25) is 11.8 Å². The van der Waals surface area contributed by atoms with Gasteiger partial charge in [-0.1, -0.05) is 62.3 Å². The summed E-state index contributed by atoms with van der Waals surface area (Å²) in [7, 11) is 1.70. The second-order valence-electron chi connectivity index (χ2n) is 7.41. The van der Waals surface area contributed by atoms with E-state index in [-0.39, 0.29) is 22.6 Å². The predicted octanol–water partition coefficient (Wildman–Crippen LogP) is 3.20. The molecule has 0 aromatic heterocycles. The molecule has 0 heterocycles. The first-order chi connectivity index (χ1) is 9.25. The third-order valence-electron chi connectivity index (χ3n) is 5.19. The van der Waals surface area contributed by atoms with Crippen molar-refractivity contribution in [2.45, 2.75) is 62.3 Å². The van der Waals surface area contributed by atoms with Gasteiger partial charge in [-0.2, -0.15) is 0 Å². The predicted molar refractivity (Wildman–Crippen MR) is 89.7 cm³/mol. The zero-order valence-electron chi connectivity index (χ0n) is 15.6. The van der Waals surface area contributed by atoms with Gasteiger partial charge in [0.05, 0.1) is 5.41 Å². The first-order valence-electron chi connectivity index (χ1n) is 7.78. The van der Waals surface area contributed by atoms with Crippen LogP contribution < -0.4 is 11.1 Å². The van der Waals surface area contributed by atoms with Crippen LogP contribution in [0.2, 0.25) is 0 Å². The quantitative estimate of drug-likeness (QED) is 0.818. The lowest BCUT2D eigenvalue weighted by molar-refractivity contribution is -0.135. The molecule has 0 fully saturated rings. The SMILES string of the molecule is CC(C)C(C)(C)C(N)=O.CNC(=O)C(C)(C(C)C)C(C)C. The summed E-state index contributed by atoms with van der Waals surface area (Å²) in [5.41, 5.74) is 4.53. The Balaban J connectivity index is 0. The van der Waals surface area contributed by atoms with Crippen molar-refractivity contribution < 1.29 is 9.59 Å². The molecule has 0 atom stereocenters. The first kappa shape index (κ1) is 22.2. The lowest BCUT2D eigenvalue weighted by Gasteiger charge is -2.35. The van der Waals surface area contributed by atoms with Crippen LogP contribution in [-0.2, 0) is 9.59 Å². The molecule has 0 unspecified atom stereocenters. The van der Waals surface area contributed by atoms with Crippen LogP contribution in [0.4, 0.5) is 0 Å². The van der Waals surface area contributed by atoms with Crippen molar-refractivity contribution in [1.29, 1.82) is 0 Å². The van der Waals surface area contributed by atoms with Gasteiger partial charge in [-0.3, -0.25) is 9.59 Å². The second kappa shape index (κ2) is 8.40. The minimum atomic E-state index is -0.361. The van der Waals surface area contributed by atoms with Crippen molar-refractivity contribution in [2.75, 3.05) is 7.05 Å². The summed E-state index contributed by atoms with van der Waals surface area (Å²) in [6.45, 7) is 18.1. The molecule has 21 heavy (non-hydrogen) atoms. The largest absolute Gasteiger partial charge is 0.369 e. The maximum Gasteiger partial charge on any atom is 0.226 e. The van der Waals surface area contributed by atoms with Crippen LogP contribution in [0.1, 0.15) is 62.3 Å². The van der Waals surface area contributed by atoms with E-state index in [0.717, 1.165) is 0 Å². The average molecular weight is 300 g/mol. The molecule has 0 aromatic carbocycles. The molecule has 0 aliphatic rings. The molecule has 0 aliphatic carbocycles. The summed E-state index contributed by atoms with van der Waals surface area (Å²) in [5, 5.41) is 2.73. The van der Waals surface area contributed by atoms with Crippen molar-refractivity contribution in [3.05, 3.63) is 0 Å². The van der Waals surface area contributed by atoms with Gasteiger partial charge in [0.1, 0.15) is 0 Å². The fraction of sp³-hybridized carbons (Fsp3) is 0.882. The number of amides is 2. The van der Waals surface area contributed by atoms with Crippen LogP contribution in [0.15, 0.2) is 0 Å². The van der Waals surface area contributed by atoms with Crippen molar-refractivity contribution in [1.82, 2.24) is 5.32 Å². The number of carbonyl (C=O) groups excluding carboxylic acids is 2. The Labute approximate surface area is 131 Å². The Morgan fingerprint density at radius 1 is 0.857 bits per heavy atom. The molecule has 4 nitrogen and oxygen atoms in total. The molecule has 0 aliphatic heterocycles. The first-order valence-corrected chi connectivity index (χ1v) is 7.78. The van der Waals surface area contributed by atoms with Crippen LogP contribution in [0.25, 0.3) is 0 Å². The number of hydrogen-bond acceptors (Lipinski definition) is 2. The van der Waals surface area contributed by atoms with E-state index in [1.165, 1.54) is 0 Å². The number of nitrogens with two attached hydrogens (primary N) is 1. The lowest BCUT2D eigenvalue weighted by atomic mass is 9.70. The van der Waals surface area contributed by atoms with Gasteiger partial charge in [0.25, 0.3) is 0 Å². The molecular weight excluding hydrogens is 264 g/mol. The summed E-state index contributed by atoms with van der Waals surface area (Å²) >= 11 is 0. The van der Waals surface area contributed by atoms with E-state index in [9.17, 15) is 9.59 Å². The van der Waals surface area contributed by atoms with E-state index in [0.29, 0.717) is 17.8 Å². The van der Waals surface area contributed by atoms with Crippen molar-refractivity contribution in [2.24, 2.45) is 34.3 Å².